The second kappa shape index (κ2) is 7.18. The Morgan fingerprint density at radius 2 is 1.68 bits per heavy atom. The van der Waals surface area contributed by atoms with E-state index < -0.39 is 0 Å². The maximum atomic E-state index is 12.3. The van der Waals surface area contributed by atoms with Crippen LogP contribution in [-0.2, 0) is 17.8 Å². The Labute approximate surface area is 131 Å². The first-order valence-electron chi connectivity index (χ1n) is 7.91. The molecule has 1 aromatic carbocycles. The van der Waals surface area contributed by atoms with E-state index in [1.54, 1.807) is 4.90 Å². The van der Waals surface area contributed by atoms with Crippen LogP contribution in [0.5, 0.6) is 0 Å². The highest BCUT2D eigenvalue weighted by Gasteiger charge is 2.23. The minimum Gasteiger partial charge on any atom is -0.331 e. The molecule has 1 fully saturated rings. The molecule has 1 amide bonds. The second-order valence-electron chi connectivity index (χ2n) is 5.88. The molecule has 114 valence electrons. The number of carbonyl (C=O) groups is 1. The summed E-state index contributed by atoms with van der Waals surface area (Å²) in [7, 11) is 0. The van der Waals surface area contributed by atoms with E-state index in [1.165, 1.54) is 5.56 Å². The largest absolute Gasteiger partial charge is 0.331 e. The lowest BCUT2D eigenvalue weighted by molar-refractivity contribution is -0.917. The van der Waals surface area contributed by atoms with Crippen LogP contribution >= 0.6 is 0 Å². The number of carbonyl (C=O) groups excluding carboxylic acids is 1. The van der Waals surface area contributed by atoms with Gasteiger partial charge in [0.15, 0.2) is 12.4 Å². The Balaban J connectivity index is 1.48. The molecule has 1 saturated heterocycles. The van der Waals surface area contributed by atoms with Crippen LogP contribution in [0, 0.1) is 0 Å². The van der Waals surface area contributed by atoms with Crippen LogP contribution in [-0.4, -0.2) is 37.0 Å². The van der Waals surface area contributed by atoms with Gasteiger partial charge in [0.1, 0.15) is 6.54 Å². The quantitative estimate of drug-likeness (QED) is 0.846. The Morgan fingerprint density at radius 3 is 2.36 bits per heavy atom. The van der Waals surface area contributed by atoms with Crippen molar-refractivity contribution in [1.29, 1.82) is 0 Å². The van der Waals surface area contributed by atoms with Crippen molar-refractivity contribution in [2.24, 2.45) is 0 Å². The Kier molecular flexibility index (Phi) is 4.81. The van der Waals surface area contributed by atoms with Gasteiger partial charge in [-0.3, -0.25) is 4.79 Å². The number of hydrogen-bond acceptors (Lipinski definition) is 1. The topological polar surface area (TPSA) is 38.9 Å². The number of H-pyrrole nitrogens is 1. The summed E-state index contributed by atoms with van der Waals surface area (Å²) in [5, 5.41) is 0. The molecular weight excluding hydrogens is 274 g/mol. The van der Waals surface area contributed by atoms with Crippen molar-refractivity contribution >= 4 is 5.91 Å². The van der Waals surface area contributed by atoms with Gasteiger partial charge < -0.3 is 9.80 Å². The number of aromatic amines is 1. The van der Waals surface area contributed by atoms with Crippen molar-refractivity contribution in [3.63, 3.8) is 0 Å². The van der Waals surface area contributed by atoms with Crippen LogP contribution in [0.25, 0.3) is 0 Å². The van der Waals surface area contributed by atoms with Gasteiger partial charge in [-0.05, 0) is 5.56 Å². The summed E-state index contributed by atoms with van der Waals surface area (Å²) in [6.07, 6.45) is 4.45. The van der Waals surface area contributed by atoms with E-state index in [9.17, 15) is 4.79 Å². The summed E-state index contributed by atoms with van der Waals surface area (Å²) in [5.41, 5.74) is 2.45. The van der Waals surface area contributed by atoms with Crippen LogP contribution in [0.3, 0.4) is 0 Å². The number of piperazine rings is 1. The van der Waals surface area contributed by atoms with Gasteiger partial charge in [-0.1, -0.05) is 30.3 Å². The lowest BCUT2D eigenvalue weighted by Crippen LogP contribution is -3.13. The van der Waals surface area contributed by atoms with Crippen LogP contribution in [0.15, 0.2) is 54.9 Å². The van der Waals surface area contributed by atoms with Gasteiger partial charge >= 0.3 is 0 Å². The van der Waals surface area contributed by atoms with Crippen LogP contribution in [0.4, 0.5) is 0 Å². The molecule has 0 saturated carbocycles. The molecule has 1 aliphatic rings. The number of amides is 1. The van der Waals surface area contributed by atoms with Gasteiger partial charge in [-0.25, -0.2) is 4.98 Å². The van der Waals surface area contributed by atoms with Crippen molar-refractivity contribution in [2.75, 3.05) is 26.2 Å². The average Bonchev–Trinajstić information content (AvgIpc) is 2.57. The highest BCUT2D eigenvalue weighted by molar-refractivity contribution is 5.78. The minimum absolute atomic E-state index is 0.250. The monoisotopic (exact) mass is 297 g/mol. The summed E-state index contributed by atoms with van der Waals surface area (Å²) in [6, 6.07) is 14.2. The molecule has 0 radical (unpaired) electrons. The number of nitrogens with one attached hydrogen (secondary N) is 2. The first-order valence-corrected chi connectivity index (χ1v) is 7.91. The molecule has 22 heavy (non-hydrogen) atoms. The molecule has 0 bridgehead atoms. The van der Waals surface area contributed by atoms with Crippen molar-refractivity contribution in [3.8, 4) is 0 Å². The summed E-state index contributed by atoms with van der Waals surface area (Å²) >= 11 is 0. The lowest BCUT2D eigenvalue weighted by Gasteiger charge is -2.32. The SMILES string of the molecule is O=C(Cc1ccccc1)N1CC[NH+](Cc2cc[nH+]cc2)CC1. The molecule has 2 aromatic rings. The second-order valence-corrected chi connectivity index (χ2v) is 5.88. The smallest absolute Gasteiger partial charge is 0.227 e. The van der Waals surface area contributed by atoms with Crippen molar-refractivity contribution in [1.82, 2.24) is 4.90 Å². The highest BCUT2D eigenvalue weighted by Crippen LogP contribution is 2.03. The van der Waals surface area contributed by atoms with Gasteiger partial charge in [-0.15, -0.1) is 0 Å². The standard InChI is InChI=1S/C18H21N3O/c22-18(14-16-4-2-1-3-5-16)21-12-10-20(11-13-21)15-17-6-8-19-9-7-17/h1-9H,10-15H2/p+2. The maximum absolute atomic E-state index is 12.3. The third-order valence-corrected chi connectivity index (χ3v) is 4.26. The zero-order chi connectivity index (χ0) is 15.2. The zero-order valence-electron chi connectivity index (χ0n) is 12.8. The Bertz CT molecular complexity index is 592. The molecule has 2 N–H and O–H groups in total. The summed E-state index contributed by atoms with van der Waals surface area (Å²) < 4.78 is 0. The fourth-order valence-electron chi connectivity index (χ4n) is 2.96. The summed E-state index contributed by atoms with van der Waals surface area (Å²) in [6.45, 7) is 4.81. The number of quaternary nitrogens is 1. The van der Waals surface area contributed by atoms with Gasteiger partial charge in [-0.2, -0.15) is 0 Å². The summed E-state index contributed by atoms with van der Waals surface area (Å²) in [4.78, 5) is 19.0. The number of rotatable bonds is 4. The van der Waals surface area contributed by atoms with Gasteiger partial charge in [0.2, 0.25) is 5.91 Å². The van der Waals surface area contributed by atoms with Crippen molar-refractivity contribution < 1.29 is 14.7 Å². The van der Waals surface area contributed by atoms with Crippen molar-refractivity contribution in [2.45, 2.75) is 13.0 Å². The Morgan fingerprint density at radius 1 is 1.00 bits per heavy atom. The van der Waals surface area contributed by atoms with Crippen LogP contribution in [0.2, 0.25) is 0 Å². The third-order valence-electron chi connectivity index (χ3n) is 4.26. The zero-order valence-corrected chi connectivity index (χ0v) is 12.8. The molecule has 1 aromatic heterocycles. The van der Waals surface area contributed by atoms with Gasteiger partial charge in [0, 0.05) is 17.7 Å². The number of pyridine rings is 1. The van der Waals surface area contributed by atoms with E-state index in [0.29, 0.717) is 6.42 Å². The van der Waals surface area contributed by atoms with Crippen LogP contribution < -0.4 is 9.88 Å². The van der Waals surface area contributed by atoms with Crippen LogP contribution in [0.1, 0.15) is 11.1 Å². The first-order chi connectivity index (χ1) is 10.8. The fourth-order valence-corrected chi connectivity index (χ4v) is 2.96. The van der Waals surface area contributed by atoms with E-state index in [1.807, 2.05) is 47.6 Å². The molecule has 0 aliphatic carbocycles. The summed E-state index contributed by atoms with van der Waals surface area (Å²) in [5.74, 6) is 0.250. The molecule has 0 spiro atoms. The van der Waals surface area contributed by atoms with E-state index in [4.69, 9.17) is 0 Å². The third kappa shape index (κ3) is 3.92. The lowest BCUT2D eigenvalue weighted by atomic mass is 10.1. The molecule has 4 nitrogen and oxygen atoms in total. The molecule has 2 heterocycles. The number of nitrogens with zero attached hydrogens (tertiary/aromatic N) is 1. The Hall–Kier alpha value is -2.20. The van der Waals surface area contributed by atoms with E-state index in [-0.39, 0.29) is 5.91 Å². The first kappa shape index (κ1) is 14.7. The predicted molar refractivity (Wildman–Crippen MR) is 84.1 cm³/mol. The average molecular weight is 297 g/mol. The fraction of sp³-hybridized carbons (Fsp3) is 0.333. The molecular formula is C18H23N3O+2. The normalized spacial score (nSPS) is 15.7. The van der Waals surface area contributed by atoms with E-state index in [2.05, 4.69) is 17.1 Å². The molecule has 0 atom stereocenters. The van der Waals surface area contributed by atoms with E-state index in [0.717, 1.165) is 38.3 Å². The minimum atomic E-state index is 0.250. The molecule has 1 aliphatic heterocycles. The number of aromatic nitrogens is 1. The van der Waals surface area contributed by atoms with E-state index >= 15 is 0 Å². The molecule has 3 rings (SSSR count). The maximum Gasteiger partial charge on any atom is 0.227 e. The highest BCUT2D eigenvalue weighted by atomic mass is 16.2. The number of hydrogen-bond donors (Lipinski definition) is 1. The van der Waals surface area contributed by atoms with Gasteiger partial charge in [0.05, 0.1) is 32.6 Å². The molecule has 4 heteroatoms. The van der Waals surface area contributed by atoms with Crippen molar-refractivity contribution in [3.05, 3.63) is 66.0 Å². The van der Waals surface area contributed by atoms with Gasteiger partial charge in [0.25, 0.3) is 0 Å². The predicted octanol–water partition coefficient (Wildman–Crippen LogP) is -0.0295. The number of benzene rings is 1. The molecule has 0 unspecified atom stereocenters.